The first kappa shape index (κ1) is 17.1. The van der Waals surface area contributed by atoms with Crippen LogP contribution in [0.15, 0.2) is 18.2 Å². The van der Waals surface area contributed by atoms with Gasteiger partial charge in [0.25, 0.3) is 0 Å². The summed E-state index contributed by atoms with van der Waals surface area (Å²) >= 11 is 0. The van der Waals surface area contributed by atoms with Crippen LogP contribution in [0, 0.1) is 0 Å². The van der Waals surface area contributed by atoms with Crippen molar-refractivity contribution in [2.45, 2.75) is 31.8 Å². The predicted molar refractivity (Wildman–Crippen MR) is 83.9 cm³/mol. The van der Waals surface area contributed by atoms with Crippen molar-refractivity contribution in [2.24, 2.45) is 5.73 Å². The van der Waals surface area contributed by atoms with Crippen molar-refractivity contribution in [1.29, 1.82) is 0 Å². The van der Waals surface area contributed by atoms with Gasteiger partial charge in [0, 0.05) is 30.8 Å². The molecule has 1 heterocycles. The van der Waals surface area contributed by atoms with Crippen molar-refractivity contribution in [2.75, 3.05) is 27.3 Å². The molecular formula is C15H25ClN2O2. The number of hydrogen-bond acceptors (Lipinski definition) is 4. The Balaban J connectivity index is 0.00000200. The van der Waals surface area contributed by atoms with E-state index in [2.05, 4.69) is 11.0 Å². The van der Waals surface area contributed by atoms with E-state index in [9.17, 15) is 0 Å². The first-order valence-electron chi connectivity index (χ1n) is 6.93. The minimum atomic E-state index is 0. The van der Waals surface area contributed by atoms with Gasteiger partial charge in [0.1, 0.15) is 11.5 Å². The summed E-state index contributed by atoms with van der Waals surface area (Å²) in [7, 11) is 3.37. The molecule has 0 spiro atoms. The van der Waals surface area contributed by atoms with E-state index in [1.807, 2.05) is 12.1 Å². The molecule has 0 aromatic heterocycles. The molecule has 0 saturated carbocycles. The van der Waals surface area contributed by atoms with Crippen molar-refractivity contribution in [3.8, 4) is 11.5 Å². The monoisotopic (exact) mass is 300 g/mol. The lowest BCUT2D eigenvalue weighted by Gasteiger charge is -2.35. The summed E-state index contributed by atoms with van der Waals surface area (Å²) in [5, 5.41) is 0. The predicted octanol–water partition coefficient (Wildman–Crippen LogP) is 2.44. The van der Waals surface area contributed by atoms with Gasteiger partial charge in [0.05, 0.1) is 14.2 Å². The Morgan fingerprint density at radius 1 is 1.25 bits per heavy atom. The Kier molecular flexibility index (Phi) is 7.13. The second kappa shape index (κ2) is 8.35. The zero-order valence-corrected chi connectivity index (χ0v) is 13.1. The van der Waals surface area contributed by atoms with Gasteiger partial charge in [-0.1, -0.05) is 12.5 Å². The van der Waals surface area contributed by atoms with Gasteiger partial charge in [-0.05, 0) is 25.5 Å². The number of likely N-dealkylation sites (tertiary alicyclic amines) is 1. The van der Waals surface area contributed by atoms with Crippen LogP contribution in [0.5, 0.6) is 11.5 Å². The molecule has 0 radical (unpaired) electrons. The summed E-state index contributed by atoms with van der Waals surface area (Å²) in [5.41, 5.74) is 7.07. The maximum Gasteiger partial charge on any atom is 0.127 e. The Morgan fingerprint density at radius 2 is 2.05 bits per heavy atom. The normalized spacial score (nSPS) is 19.2. The van der Waals surface area contributed by atoms with Crippen molar-refractivity contribution in [3.63, 3.8) is 0 Å². The number of nitrogens with zero attached hydrogens (tertiary/aromatic N) is 1. The molecule has 0 aliphatic carbocycles. The molecule has 0 amide bonds. The topological polar surface area (TPSA) is 47.7 Å². The van der Waals surface area contributed by atoms with Crippen LogP contribution >= 0.6 is 12.4 Å². The zero-order chi connectivity index (χ0) is 13.7. The van der Waals surface area contributed by atoms with E-state index in [1.54, 1.807) is 14.2 Å². The van der Waals surface area contributed by atoms with Crippen LogP contribution in [0.3, 0.4) is 0 Å². The molecule has 1 saturated heterocycles. The van der Waals surface area contributed by atoms with E-state index >= 15 is 0 Å². The first-order valence-corrected chi connectivity index (χ1v) is 6.93. The second-order valence-corrected chi connectivity index (χ2v) is 5.03. The fraction of sp³-hybridized carbons (Fsp3) is 0.600. The lowest BCUT2D eigenvalue weighted by molar-refractivity contribution is 0.143. The Morgan fingerprint density at radius 3 is 2.70 bits per heavy atom. The van der Waals surface area contributed by atoms with E-state index in [1.165, 1.54) is 24.8 Å². The number of halogens is 1. The zero-order valence-electron chi connectivity index (χ0n) is 12.3. The molecule has 1 aromatic carbocycles. The molecule has 2 N–H and O–H groups in total. The number of methoxy groups -OCH3 is 2. The number of benzene rings is 1. The molecule has 0 bridgehead atoms. The van der Waals surface area contributed by atoms with Gasteiger partial charge >= 0.3 is 0 Å². The summed E-state index contributed by atoms with van der Waals surface area (Å²) in [6, 6.07) is 6.51. The third-order valence-electron chi connectivity index (χ3n) is 3.89. The fourth-order valence-electron chi connectivity index (χ4n) is 2.74. The van der Waals surface area contributed by atoms with E-state index in [0.717, 1.165) is 31.1 Å². The number of nitrogens with two attached hydrogens (primary N) is 1. The van der Waals surface area contributed by atoms with Crippen molar-refractivity contribution in [1.82, 2.24) is 4.90 Å². The summed E-state index contributed by atoms with van der Waals surface area (Å²) in [4.78, 5) is 2.47. The molecule has 20 heavy (non-hydrogen) atoms. The number of rotatable bonds is 5. The first-order chi connectivity index (χ1) is 9.28. The van der Waals surface area contributed by atoms with Gasteiger partial charge < -0.3 is 15.2 Å². The van der Waals surface area contributed by atoms with Crippen molar-refractivity contribution >= 4 is 12.4 Å². The third-order valence-corrected chi connectivity index (χ3v) is 3.89. The van der Waals surface area contributed by atoms with Crippen LogP contribution in [-0.4, -0.2) is 38.3 Å². The van der Waals surface area contributed by atoms with E-state index in [4.69, 9.17) is 15.2 Å². The molecule has 5 heteroatoms. The number of piperidine rings is 1. The highest BCUT2D eigenvalue weighted by Gasteiger charge is 2.22. The van der Waals surface area contributed by atoms with Crippen LogP contribution in [0.25, 0.3) is 0 Å². The lowest BCUT2D eigenvalue weighted by Crippen LogP contribution is -2.43. The molecule has 1 aliphatic heterocycles. The van der Waals surface area contributed by atoms with E-state index in [0.29, 0.717) is 6.04 Å². The van der Waals surface area contributed by atoms with Crippen LogP contribution in [-0.2, 0) is 6.54 Å². The van der Waals surface area contributed by atoms with Crippen LogP contribution < -0.4 is 15.2 Å². The minimum Gasteiger partial charge on any atom is -0.497 e. The number of ether oxygens (including phenoxy) is 2. The highest BCUT2D eigenvalue weighted by Crippen LogP contribution is 2.27. The maximum atomic E-state index is 5.87. The van der Waals surface area contributed by atoms with Gasteiger partial charge in [-0.15, -0.1) is 12.4 Å². The van der Waals surface area contributed by atoms with Crippen molar-refractivity contribution in [3.05, 3.63) is 23.8 Å². The third kappa shape index (κ3) is 4.01. The van der Waals surface area contributed by atoms with Gasteiger partial charge in [-0.3, -0.25) is 4.90 Å². The van der Waals surface area contributed by atoms with Crippen molar-refractivity contribution < 1.29 is 9.47 Å². The fourth-order valence-corrected chi connectivity index (χ4v) is 2.74. The standard InChI is InChI=1S/C15H24N2O2.ClH/c1-18-14-7-6-12(15(9-14)19-2)11-17-8-4-3-5-13(17)10-16;/h6-7,9,13H,3-5,8,10-11,16H2,1-2H3;1H. The quantitative estimate of drug-likeness (QED) is 0.907. The highest BCUT2D eigenvalue weighted by molar-refractivity contribution is 5.85. The molecule has 1 atom stereocenters. The van der Waals surface area contributed by atoms with Gasteiger partial charge in [0.2, 0.25) is 0 Å². The second-order valence-electron chi connectivity index (χ2n) is 5.03. The van der Waals surface area contributed by atoms with Gasteiger partial charge in [-0.2, -0.15) is 0 Å². The molecule has 1 fully saturated rings. The smallest absolute Gasteiger partial charge is 0.127 e. The largest absolute Gasteiger partial charge is 0.497 e. The lowest BCUT2D eigenvalue weighted by atomic mass is 10.0. The van der Waals surface area contributed by atoms with E-state index < -0.39 is 0 Å². The maximum absolute atomic E-state index is 5.87. The Bertz CT molecular complexity index is 415. The highest BCUT2D eigenvalue weighted by atomic mass is 35.5. The Labute approximate surface area is 127 Å². The van der Waals surface area contributed by atoms with Crippen LogP contribution in [0.1, 0.15) is 24.8 Å². The van der Waals surface area contributed by atoms with Crippen LogP contribution in [0.2, 0.25) is 0 Å². The van der Waals surface area contributed by atoms with Gasteiger partial charge in [-0.25, -0.2) is 0 Å². The average molecular weight is 301 g/mol. The summed E-state index contributed by atoms with van der Waals surface area (Å²) < 4.78 is 10.7. The summed E-state index contributed by atoms with van der Waals surface area (Å²) in [6.45, 7) is 2.75. The summed E-state index contributed by atoms with van der Waals surface area (Å²) in [6.07, 6.45) is 3.75. The molecule has 1 aromatic rings. The average Bonchev–Trinajstić information content (AvgIpc) is 2.48. The summed E-state index contributed by atoms with van der Waals surface area (Å²) in [5.74, 6) is 1.72. The molecule has 1 aliphatic rings. The minimum absolute atomic E-state index is 0. The van der Waals surface area contributed by atoms with E-state index in [-0.39, 0.29) is 12.4 Å². The number of hydrogen-bond donors (Lipinski definition) is 1. The van der Waals surface area contributed by atoms with Gasteiger partial charge in [0.15, 0.2) is 0 Å². The SMILES string of the molecule is COc1ccc(CN2CCCCC2CN)c(OC)c1.Cl. The molecule has 1 unspecified atom stereocenters. The molecule has 4 nitrogen and oxygen atoms in total. The molecule has 114 valence electrons. The molecular weight excluding hydrogens is 276 g/mol. The van der Waals surface area contributed by atoms with Crippen LogP contribution in [0.4, 0.5) is 0 Å². The Hall–Kier alpha value is -0.970. The molecule has 2 rings (SSSR count).